The lowest BCUT2D eigenvalue weighted by molar-refractivity contribution is -0.121. The van der Waals surface area contributed by atoms with Crippen LogP contribution in [0.4, 0.5) is 0 Å². The lowest BCUT2D eigenvalue weighted by atomic mass is 10.2. The highest BCUT2D eigenvalue weighted by molar-refractivity contribution is 5.77. The normalized spacial score (nSPS) is 11.0. The molecule has 1 aromatic carbocycles. The molecule has 0 radical (unpaired) electrons. The van der Waals surface area contributed by atoms with E-state index >= 15 is 0 Å². The van der Waals surface area contributed by atoms with Crippen LogP contribution >= 0.6 is 0 Å². The number of pyridine rings is 1. The van der Waals surface area contributed by atoms with Gasteiger partial charge in [0.25, 0.3) is 0 Å². The zero-order valence-corrected chi connectivity index (χ0v) is 14.4. The van der Waals surface area contributed by atoms with Gasteiger partial charge in [-0.25, -0.2) is 4.79 Å². The second-order valence-corrected chi connectivity index (χ2v) is 6.02. The number of benzene rings is 1. The van der Waals surface area contributed by atoms with Crippen molar-refractivity contribution < 1.29 is 9.32 Å². The first-order chi connectivity index (χ1) is 13.2. The summed E-state index contributed by atoms with van der Waals surface area (Å²) < 4.78 is 6.79. The summed E-state index contributed by atoms with van der Waals surface area (Å²) >= 11 is 0. The van der Waals surface area contributed by atoms with Crippen molar-refractivity contribution >= 4 is 16.9 Å². The first kappa shape index (κ1) is 16.8. The summed E-state index contributed by atoms with van der Waals surface area (Å²) in [6.07, 6.45) is 1.86. The molecule has 1 amide bonds. The number of rotatable bonds is 6. The maximum atomic E-state index is 12.1. The van der Waals surface area contributed by atoms with Crippen molar-refractivity contribution in [3.05, 3.63) is 71.0 Å². The molecule has 0 atom stereocenters. The summed E-state index contributed by atoms with van der Waals surface area (Å²) in [5.74, 6) is 0.358. The number of aryl methyl sites for hydroxylation is 1. The molecule has 0 aliphatic carbocycles. The van der Waals surface area contributed by atoms with Gasteiger partial charge >= 0.3 is 5.69 Å². The maximum Gasteiger partial charge on any atom is 0.326 e. The van der Waals surface area contributed by atoms with E-state index in [9.17, 15) is 9.59 Å². The standard InChI is InChI=1S/C19H17N5O3/c25-18(8-10-24-17-7-2-1-6-15(17)22-19(24)26)21-12-13-11-16(23-27-13)14-5-3-4-9-20-14/h1-7,9,11H,8,10,12H2,(H,21,25)(H,22,26). The van der Waals surface area contributed by atoms with Gasteiger partial charge in [0, 0.05) is 25.2 Å². The Balaban J connectivity index is 1.34. The van der Waals surface area contributed by atoms with Gasteiger partial charge in [0.2, 0.25) is 5.91 Å². The molecule has 0 aliphatic heterocycles. The van der Waals surface area contributed by atoms with Crippen LogP contribution in [0.25, 0.3) is 22.4 Å². The molecule has 4 rings (SSSR count). The van der Waals surface area contributed by atoms with Crippen molar-refractivity contribution in [3.63, 3.8) is 0 Å². The Morgan fingerprint density at radius 2 is 2.00 bits per heavy atom. The monoisotopic (exact) mass is 363 g/mol. The van der Waals surface area contributed by atoms with Crippen molar-refractivity contribution in [2.24, 2.45) is 0 Å². The molecule has 0 fully saturated rings. The molecule has 0 saturated carbocycles. The molecule has 27 heavy (non-hydrogen) atoms. The van der Waals surface area contributed by atoms with E-state index in [0.29, 0.717) is 23.7 Å². The number of hydrogen-bond acceptors (Lipinski definition) is 5. The van der Waals surface area contributed by atoms with E-state index in [1.807, 2.05) is 42.5 Å². The Bertz CT molecular complexity index is 1130. The molecule has 4 aromatic rings. The zero-order valence-electron chi connectivity index (χ0n) is 14.4. The fourth-order valence-corrected chi connectivity index (χ4v) is 2.85. The number of para-hydroxylation sites is 2. The highest BCUT2D eigenvalue weighted by Crippen LogP contribution is 2.16. The lowest BCUT2D eigenvalue weighted by Gasteiger charge is -2.04. The van der Waals surface area contributed by atoms with Crippen LogP contribution in [-0.2, 0) is 17.9 Å². The number of imidazole rings is 1. The second-order valence-electron chi connectivity index (χ2n) is 6.02. The van der Waals surface area contributed by atoms with E-state index in [0.717, 1.165) is 11.0 Å². The van der Waals surface area contributed by atoms with Crippen LogP contribution < -0.4 is 11.0 Å². The molecule has 3 aromatic heterocycles. The van der Waals surface area contributed by atoms with Crippen LogP contribution in [0, 0.1) is 0 Å². The molecule has 8 heteroatoms. The molecule has 8 nitrogen and oxygen atoms in total. The van der Waals surface area contributed by atoms with Gasteiger partial charge in [-0.15, -0.1) is 0 Å². The van der Waals surface area contributed by atoms with E-state index in [2.05, 4.69) is 20.4 Å². The number of carbonyl (C=O) groups excluding carboxylic acids is 1. The number of nitrogens with zero attached hydrogens (tertiary/aromatic N) is 3. The van der Waals surface area contributed by atoms with Gasteiger partial charge in [-0.05, 0) is 24.3 Å². The van der Waals surface area contributed by atoms with Crippen LogP contribution in [0.2, 0.25) is 0 Å². The second kappa shape index (κ2) is 7.28. The number of hydrogen-bond donors (Lipinski definition) is 2. The minimum absolute atomic E-state index is 0.178. The Morgan fingerprint density at radius 1 is 1.15 bits per heavy atom. The van der Waals surface area contributed by atoms with Crippen molar-refractivity contribution in [1.29, 1.82) is 0 Å². The molecule has 0 unspecified atom stereocenters. The first-order valence-corrected chi connectivity index (χ1v) is 8.52. The number of aromatic amines is 1. The maximum absolute atomic E-state index is 12.1. The van der Waals surface area contributed by atoms with Gasteiger partial charge in [-0.2, -0.15) is 0 Å². The molecule has 0 saturated heterocycles. The molecular weight excluding hydrogens is 346 g/mol. The molecule has 0 bridgehead atoms. The molecule has 136 valence electrons. The average Bonchev–Trinajstić information content (AvgIpc) is 3.29. The molecule has 3 heterocycles. The van der Waals surface area contributed by atoms with E-state index in [1.165, 1.54) is 0 Å². The fourth-order valence-electron chi connectivity index (χ4n) is 2.85. The van der Waals surface area contributed by atoms with Crippen LogP contribution in [0.3, 0.4) is 0 Å². The number of fused-ring (bicyclic) bond motifs is 1. The highest BCUT2D eigenvalue weighted by atomic mass is 16.5. The summed E-state index contributed by atoms with van der Waals surface area (Å²) in [6.45, 7) is 0.520. The third-order valence-electron chi connectivity index (χ3n) is 4.19. The summed E-state index contributed by atoms with van der Waals surface area (Å²) in [7, 11) is 0. The summed E-state index contributed by atoms with van der Waals surface area (Å²) in [5.41, 5.74) is 2.64. The van der Waals surface area contributed by atoms with Crippen LogP contribution in [-0.4, -0.2) is 25.6 Å². The van der Waals surface area contributed by atoms with E-state index in [-0.39, 0.29) is 24.6 Å². The largest absolute Gasteiger partial charge is 0.359 e. The summed E-state index contributed by atoms with van der Waals surface area (Å²) in [5, 5.41) is 6.73. The van der Waals surface area contributed by atoms with Gasteiger partial charge in [0.15, 0.2) is 5.76 Å². The minimum Gasteiger partial charge on any atom is -0.359 e. The van der Waals surface area contributed by atoms with Crippen molar-refractivity contribution in [2.45, 2.75) is 19.5 Å². The van der Waals surface area contributed by atoms with Gasteiger partial charge in [-0.1, -0.05) is 23.4 Å². The van der Waals surface area contributed by atoms with Crippen molar-refractivity contribution in [3.8, 4) is 11.4 Å². The third kappa shape index (κ3) is 3.64. The van der Waals surface area contributed by atoms with Gasteiger partial charge in [0.1, 0.15) is 5.69 Å². The first-order valence-electron chi connectivity index (χ1n) is 8.52. The van der Waals surface area contributed by atoms with E-state index < -0.39 is 0 Å². The van der Waals surface area contributed by atoms with Crippen LogP contribution in [0.1, 0.15) is 12.2 Å². The third-order valence-corrected chi connectivity index (χ3v) is 4.19. The number of H-pyrrole nitrogens is 1. The molecular formula is C19H17N5O3. The fraction of sp³-hybridized carbons (Fsp3) is 0.158. The van der Waals surface area contributed by atoms with Crippen LogP contribution in [0.5, 0.6) is 0 Å². The predicted octanol–water partition coefficient (Wildman–Crippen LogP) is 2.09. The Labute approximate surface area is 153 Å². The lowest BCUT2D eigenvalue weighted by Crippen LogP contribution is -2.26. The summed E-state index contributed by atoms with van der Waals surface area (Å²) in [4.78, 5) is 31.1. The van der Waals surface area contributed by atoms with Crippen LogP contribution in [0.15, 0.2) is 64.0 Å². The van der Waals surface area contributed by atoms with E-state index in [4.69, 9.17) is 4.52 Å². The quantitative estimate of drug-likeness (QED) is 0.546. The Hall–Kier alpha value is -3.68. The van der Waals surface area contributed by atoms with Crippen molar-refractivity contribution in [1.82, 2.24) is 25.0 Å². The average molecular weight is 363 g/mol. The summed E-state index contributed by atoms with van der Waals surface area (Å²) in [6, 6.07) is 14.6. The number of nitrogens with one attached hydrogen (secondary N) is 2. The molecule has 2 N–H and O–H groups in total. The zero-order chi connectivity index (χ0) is 18.6. The van der Waals surface area contributed by atoms with E-state index in [1.54, 1.807) is 16.8 Å². The SMILES string of the molecule is O=C(CCn1c(=O)[nH]c2ccccc21)NCc1cc(-c2ccccn2)no1. The molecule has 0 spiro atoms. The number of carbonyl (C=O) groups is 1. The smallest absolute Gasteiger partial charge is 0.326 e. The topological polar surface area (TPSA) is 106 Å². The highest BCUT2D eigenvalue weighted by Gasteiger charge is 2.11. The Morgan fingerprint density at radius 3 is 2.85 bits per heavy atom. The van der Waals surface area contributed by atoms with Gasteiger partial charge in [0.05, 0.1) is 23.3 Å². The number of amides is 1. The van der Waals surface area contributed by atoms with Crippen molar-refractivity contribution in [2.75, 3.05) is 0 Å². The Kier molecular flexibility index (Phi) is 4.52. The molecule has 0 aliphatic rings. The number of aromatic nitrogens is 4. The van der Waals surface area contributed by atoms with Gasteiger partial charge in [-0.3, -0.25) is 14.3 Å². The van der Waals surface area contributed by atoms with Gasteiger partial charge < -0.3 is 14.8 Å². The predicted molar refractivity (Wildman–Crippen MR) is 98.8 cm³/mol. The minimum atomic E-state index is -0.223.